The molecule has 3 saturated heterocycles. The van der Waals surface area contributed by atoms with Crippen LogP contribution in [0.2, 0.25) is 15.1 Å². The second kappa shape index (κ2) is 37.9. The zero-order valence-corrected chi connectivity index (χ0v) is 70.9. The van der Waals surface area contributed by atoms with E-state index in [9.17, 15) is 14.7 Å². The predicted octanol–water partition coefficient (Wildman–Crippen LogP) is 18.8. The van der Waals surface area contributed by atoms with Crippen molar-refractivity contribution in [1.29, 1.82) is 0 Å². The van der Waals surface area contributed by atoms with Gasteiger partial charge in [0.1, 0.15) is 17.2 Å². The predicted molar refractivity (Wildman–Crippen MR) is 475 cm³/mol. The summed E-state index contributed by atoms with van der Waals surface area (Å²) in [6, 6.07) is 69.2. The van der Waals surface area contributed by atoms with Gasteiger partial charge in [0.05, 0.1) is 27.8 Å². The van der Waals surface area contributed by atoms with Crippen molar-refractivity contribution in [3.8, 4) is 50.6 Å². The molecule has 3 aliphatic rings. The number of carboxylic acid groups (broad SMARTS) is 1. The first-order valence-corrected chi connectivity index (χ1v) is 41.6. The van der Waals surface area contributed by atoms with E-state index in [0.717, 1.165) is 195 Å². The normalized spacial score (nSPS) is 15.1. The van der Waals surface area contributed by atoms with Crippen molar-refractivity contribution in [2.45, 2.75) is 117 Å². The van der Waals surface area contributed by atoms with Crippen molar-refractivity contribution >= 4 is 79.4 Å². The standard InChI is InChI=1S/C32H37ClN4O2.C32H39ClN4O.C32H36ClN3O3/c1-32(2,19-31(34)38)37-22-28(24-9-11-26(39-3)12-10-24)27-18-23(8-13-30(27)37)20-35-14-16-36(17-15-35)21-25-6-4-5-7-29(25)33;1-32(2,14-15-34)37-23-29(25-9-11-27(38-3)12-10-25)28-20-24(8-13-31(28)37)21-35-16-18-36(19-17-35)22-26-6-4-5-7-30(26)33;1-32(2,19-31(37)38)36-22-28(24-9-11-26(39-3)12-10-24)27-18-23(8-13-30(27)36)20-34-14-16-35(17-15-34)21-25-6-4-5-7-29(25)33/h4-13,18,22H,14-17,19-21H2,1-3H3,(H2,34,38);4-13,20,23H,14-19,21-22,34H2,1-3H3;4-13,18,22H,14-17,19-21H2,1-3H3,(H,37,38). The van der Waals surface area contributed by atoms with E-state index >= 15 is 0 Å². The molecule has 3 aliphatic heterocycles. The van der Waals surface area contributed by atoms with Gasteiger partial charge in [0.25, 0.3) is 0 Å². The molecule has 0 spiro atoms. The molecule has 0 unspecified atom stereocenters. The van der Waals surface area contributed by atoms with Crippen LogP contribution in [0.4, 0.5) is 0 Å². The molecule has 3 aromatic heterocycles. The fraction of sp³-hybridized carbons (Fsp3) is 0.354. The zero-order chi connectivity index (χ0) is 81.8. The highest BCUT2D eigenvalue weighted by molar-refractivity contribution is 6.32. The number of amides is 1. The first kappa shape index (κ1) is 84.4. The summed E-state index contributed by atoms with van der Waals surface area (Å²) in [7, 11) is 5.05. The van der Waals surface area contributed by atoms with Crippen LogP contribution in [-0.4, -0.2) is 166 Å². The number of carboxylic acids is 1. The van der Waals surface area contributed by atoms with Gasteiger partial charge in [-0.05, 0) is 196 Å². The molecule has 5 N–H and O–H groups in total. The van der Waals surface area contributed by atoms with Crippen molar-refractivity contribution in [1.82, 2.24) is 43.1 Å². The fourth-order valence-electron chi connectivity index (χ4n) is 16.8. The van der Waals surface area contributed by atoms with Crippen molar-refractivity contribution in [3.05, 3.63) is 267 Å². The molecule has 608 valence electrons. The number of rotatable bonds is 27. The minimum absolute atomic E-state index is 0.0407. The molecule has 12 aromatic rings. The van der Waals surface area contributed by atoms with E-state index in [1.165, 1.54) is 60.8 Å². The molecule has 15 rings (SSSR count). The highest BCUT2D eigenvalue weighted by Crippen LogP contribution is 2.41. The van der Waals surface area contributed by atoms with Crippen LogP contribution < -0.4 is 25.7 Å². The van der Waals surface area contributed by atoms with Gasteiger partial charge in [-0.25, -0.2) is 0 Å². The number of benzene rings is 9. The third-order valence-corrected chi connectivity index (χ3v) is 24.5. The van der Waals surface area contributed by atoms with Crippen LogP contribution in [0.5, 0.6) is 17.2 Å². The van der Waals surface area contributed by atoms with Crippen molar-refractivity contribution in [3.63, 3.8) is 0 Å². The van der Waals surface area contributed by atoms with Gasteiger partial charge in [-0.15, -0.1) is 0 Å². The summed E-state index contributed by atoms with van der Waals surface area (Å²) < 4.78 is 22.9. The maximum absolute atomic E-state index is 11.9. The van der Waals surface area contributed by atoms with E-state index in [4.69, 9.17) is 60.5 Å². The number of hydrogen-bond donors (Lipinski definition) is 3. The Morgan fingerprint density at radius 1 is 0.371 bits per heavy atom. The fourth-order valence-corrected chi connectivity index (χ4v) is 17.4. The summed E-state index contributed by atoms with van der Waals surface area (Å²) in [4.78, 5) is 38.5. The Bertz CT molecular complexity index is 5100. The van der Waals surface area contributed by atoms with Crippen LogP contribution in [0.1, 0.15) is 94.2 Å². The summed E-state index contributed by atoms with van der Waals surface area (Å²) in [5.74, 6) is 1.39. The van der Waals surface area contributed by atoms with E-state index < -0.39 is 17.0 Å². The molecule has 1 amide bonds. The largest absolute Gasteiger partial charge is 0.497 e. The summed E-state index contributed by atoms with van der Waals surface area (Å²) >= 11 is 19.2. The van der Waals surface area contributed by atoms with Crippen molar-refractivity contribution in [2.75, 3.05) is 106 Å². The van der Waals surface area contributed by atoms with Gasteiger partial charge >= 0.3 is 5.97 Å². The van der Waals surface area contributed by atoms with E-state index in [-0.39, 0.29) is 24.3 Å². The smallest absolute Gasteiger partial charge is 0.305 e. The SMILES string of the molecule is COc1ccc(-c2cn(C(C)(C)CC(=O)O)c3ccc(CN4CCN(Cc5ccccc5Cl)CC4)cc23)cc1.COc1ccc(-c2cn(C(C)(C)CC(N)=O)c3ccc(CN4CCN(Cc5ccccc5Cl)CC4)cc23)cc1.COc1ccc(-c2cn(C(C)(C)CCN)c3ccc(CN4CCN(Cc5ccccc5Cl)CC4)cc23)cc1. The van der Waals surface area contributed by atoms with E-state index in [0.29, 0.717) is 6.54 Å². The van der Waals surface area contributed by atoms with Gasteiger partial charge in [-0.3, -0.25) is 39.0 Å². The molecule has 0 radical (unpaired) electrons. The highest BCUT2D eigenvalue weighted by Gasteiger charge is 2.31. The Balaban J connectivity index is 0.000000151. The van der Waals surface area contributed by atoms with Gasteiger partial charge in [0.2, 0.25) is 5.91 Å². The Hall–Kier alpha value is -9.47. The van der Waals surface area contributed by atoms with Gasteiger partial charge in [-0.1, -0.05) is 144 Å². The summed E-state index contributed by atoms with van der Waals surface area (Å²) in [6.45, 7) is 31.0. The average molecular weight is 1620 g/mol. The van der Waals surface area contributed by atoms with Crippen LogP contribution in [0.3, 0.4) is 0 Å². The van der Waals surface area contributed by atoms with Gasteiger partial charge in [-0.2, -0.15) is 0 Å². The van der Waals surface area contributed by atoms with Crippen molar-refractivity contribution < 1.29 is 28.9 Å². The lowest BCUT2D eigenvalue weighted by atomic mass is 9.99. The minimum Gasteiger partial charge on any atom is -0.497 e. The van der Waals surface area contributed by atoms with E-state index in [2.05, 4.69) is 211 Å². The molecule has 9 aromatic carbocycles. The number of primary amides is 1. The van der Waals surface area contributed by atoms with Crippen LogP contribution in [0, 0.1) is 0 Å². The molecule has 3 fully saturated rings. The highest BCUT2D eigenvalue weighted by atomic mass is 35.5. The zero-order valence-electron chi connectivity index (χ0n) is 68.6. The number of carbonyl (C=O) groups is 2. The lowest BCUT2D eigenvalue weighted by Gasteiger charge is -2.35. The number of aromatic nitrogens is 3. The topological polar surface area (TPSA) is 168 Å². The lowest BCUT2D eigenvalue weighted by Crippen LogP contribution is -2.45. The molecule has 0 atom stereocenters. The van der Waals surface area contributed by atoms with Crippen LogP contribution in [0.15, 0.2) is 219 Å². The van der Waals surface area contributed by atoms with Gasteiger partial charge in [0.15, 0.2) is 0 Å². The van der Waals surface area contributed by atoms with E-state index in [1.54, 1.807) is 21.3 Å². The van der Waals surface area contributed by atoms with Crippen LogP contribution >= 0.6 is 34.8 Å². The van der Waals surface area contributed by atoms with Crippen LogP contribution in [0.25, 0.3) is 66.1 Å². The third kappa shape index (κ3) is 20.7. The third-order valence-electron chi connectivity index (χ3n) is 23.4. The number of carbonyl (C=O) groups excluding carboxylic acids is 1. The number of hydrogen-bond acceptors (Lipinski definition) is 12. The molecular weight excluding hydrogens is 1510 g/mol. The number of halogens is 3. The second-order valence-corrected chi connectivity index (χ2v) is 34.3. The van der Waals surface area contributed by atoms with E-state index in [1.807, 2.05) is 92.7 Å². The molecular formula is C96H112Cl3N11O6. The summed E-state index contributed by atoms with van der Waals surface area (Å²) in [5, 5.41) is 15.7. The first-order chi connectivity index (χ1) is 55.8. The van der Waals surface area contributed by atoms with Crippen molar-refractivity contribution in [2.24, 2.45) is 11.5 Å². The molecule has 0 bridgehead atoms. The molecule has 6 heterocycles. The number of aliphatic carboxylic acids is 1. The Kier molecular flexibility index (Phi) is 27.6. The Morgan fingerprint density at radius 2 is 0.638 bits per heavy atom. The maximum atomic E-state index is 11.9. The van der Waals surface area contributed by atoms with Gasteiger partial charge in [0, 0.05) is 224 Å². The average Bonchev–Trinajstić information content (AvgIpc) is 1.62. The number of fused-ring (bicyclic) bond motifs is 3. The molecule has 0 aliphatic carbocycles. The maximum Gasteiger partial charge on any atom is 0.305 e. The minimum atomic E-state index is -0.807. The first-order valence-electron chi connectivity index (χ1n) is 40.5. The summed E-state index contributed by atoms with van der Waals surface area (Å²) in [6.07, 6.45) is 7.79. The summed E-state index contributed by atoms with van der Waals surface area (Å²) in [5.41, 5.74) is 28.2. The number of piperazine rings is 3. The Morgan fingerprint density at radius 3 is 0.897 bits per heavy atom. The number of nitrogens with zero attached hydrogens (tertiary/aromatic N) is 9. The van der Waals surface area contributed by atoms with Crippen LogP contribution in [-0.2, 0) is 65.5 Å². The number of nitrogens with two attached hydrogens (primary N) is 2. The monoisotopic (exact) mass is 1620 g/mol. The number of ether oxygens (including phenoxy) is 3. The molecule has 17 nitrogen and oxygen atoms in total. The lowest BCUT2D eigenvalue weighted by molar-refractivity contribution is -0.139. The quantitative estimate of drug-likeness (QED) is 0.0445. The van der Waals surface area contributed by atoms with Gasteiger partial charge < -0.3 is 44.5 Å². The Labute approximate surface area is 699 Å². The second-order valence-electron chi connectivity index (χ2n) is 33.1. The number of methoxy groups -OCH3 is 3. The molecule has 116 heavy (non-hydrogen) atoms. The molecule has 20 heteroatoms. The molecule has 0 saturated carbocycles.